The molecule has 1 aliphatic heterocycles. The molecule has 6 heteroatoms. The standard InChI is InChI=1S/C20H30N2O4/c1-2-22(13-20(23)24)17-10-16(11-17)21-12-15-5-7-18(8-6-15)26-14-19-4-3-9-25-19/h5-8,16-17,19,21H,2-4,9-14H2,1H3,(H,23,24). The minimum absolute atomic E-state index is 0.140. The molecule has 0 aromatic heterocycles. The highest BCUT2D eigenvalue weighted by Crippen LogP contribution is 2.26. The first kappa shape index (κ1) is 19.1. The summed E-state index contributed by atoms with van der Waals surface area (Å²) in [5, 5.41) is 12.5. The predicted octanol–water partition coefficient (Wildman–Crippen LogP) is 2.27. The number of carboxylic acids is 1. The molecule has 6 nitrogen and oxygen atoms in total. The number of hydrogen-bond acceptors (Lipinski definition) is 5. The van der Waals surface area contributed by atoms with Gasteiger partial charge in [0.15, 0.2) is 0 Å². The van der Waals surface area contributed by atoms with Crippen LogP contribution in [0.1, 0.15) is 38.2 Å². The first-order chi connectivity index (χ1) is 12.6. The third-order valence-electron chi connectivity index (χ3n) is 5.35. The van der Waals surface area contributed by atoms with E-state index in [1.54, 1.807) is 0 Å². The molecular formula is C20H30N2O4. The molecule has 1 saturated heterocycles. The van der Waals surface area contributed by atoms with Crippen LogP contribution in [0.2, 0.25) is 0 Å². The average molecular weight is 362 g/mol. The van der Waals surface area contributed by atoms with Crippen molar-refractivity contribution in [2.75, 3.05) is 26.3 Å². The van der Waals surface area contributed by atoms with Crippen molar-refractivity contribution in [2.24, 2.45) is 0 Å². The molecule has 144 valence electrons. The fourth-order valence-electron chi connectivity index (χ4n) is 3.66. The van der Waals surface area contributed by atoms with Crippen LogP contribution >= 0.6 is 0 Å². The van der Waals surface area contributed by atoms with E-state index < -0.39 is 5.97 Å². The van der Waals surface area contributed by atoms with E-state index in [4.69, 9.17) is 14.6 Å². The van der Waals surface area contributed by atoms with Crippen molar-refractivity contribution in [3.05, 3.63) is 29.8 Å². The Morgan fingerprint density at radius 2 is 2.12 bits per heavy atom. The SMILES string of the molecule is CCN(CC(=O)O)C1CC(NCc2ccc(OCC3CCCO3)cc2)C1. The zero-order valence-electron chi connectivity index (χ0n) is 15.5. The third-order valence-corrected chi connectivity index (χ3v) is 5.35. The van der Waals surface area contributed by atoms with Crippen molar-refractivity contribution in [3.63, 3.8) is 0 Å². The van der Waals surface area contributed by atoms with E-state index in [2.05, 4.69) is 17.4 Å². The average Bonchev–Trinajstić information content (AvgIpc) is 3.11. The van der Waals surface area contributed by atoms with Gasteiger partial charge in [-0.1, -0.05) is 19.1 Å². The summed E-state index contributed by atoms with van der Waals surface area (Å²) in [4.78, 5) is 12.9. The number of carbonyl (C=O) groups is 1. The van der Waals surface area contributed by atoms with E-state index in [-0.39, 0.29) is 12.6 Å². The van der Waals surface area contributed by atoms with Crippen molar-refractivity contribution in [1.29, 1.82) is 0 Å². The van der Waals surface area contributed by atoms with Crippen LogP contribution in [0, 0.1) is 0 Å². The fraction of sp³-hybridized carbons (Fsp3) is 0.650. The maximum Gasteiger partial charge on any atom is 0.317 e. The quantitative estimate of drug-likeness (QED) is 0.665. The molecule has 2 fully saturated rings. The first-order valence-corrected chi connectivity index (χ1v) is 9.66. The van der Waals surface area contributed by atoms with Crippen LogP contribution in [0.5, 0.6) is 5.75 Å². The Labute approximate surface area is 155 Å². The number of rotatable bonds is 10. The van der Waals surface area contributed by atoms with Crippen molar-refractivity contribution < 1.29 is 19.4 Å². The second kappa shape index (κ2) is 9.35. The second-order valence-electron chi connectivity index (χ2n) is 7.25. The topological polar surface area (TPSA) is 71.0 Å². The van der Waals surface area contributed by atoms with E-state index in [0.29, 0.717) is 18.7 Å². The Hall–Kier alpha value is -1.63. The summed E-state index contributed by atoms with van der Waals surface area (Å²) < 4.78 is 11.4. The van der Waals surface area contributed by atoms with Crippen molar-refractivity contribution in [2.45, 2.75) is 57.3 Å². The molecular weight excluding hydrogens is 332 g/mol. The highest BCUT2D eigenvalue weighted by atomic mass is 16.5. The van der Waals surface area contributed by atoms with E-state index >= 15 is 0 Å². The first-order valence-electron chi connectivity index (χ1n) is 9.66. The van der Waals surface area contributed by atoms with E-state index in [0.717, 1.165) is 51.1 Å². The zero-order valence-corrected chi connectivity index (χ0v) is 15.5. The van der Waals surface area contributed by atoms with Crippen LogP contribution < -0.4 is 10.1 Å². The normalized spacial score (nSPS) is 25.2. The lowest BCUT2D eigenvalue weighted by atomic mass is 9.85. The molecule has 3 rings (SSSR count). The Balaban J connectivity index is 1.34. The Kier molecular flexibility index (Phi) is 6.88. The molecule has 2 N–H and O–H groups in total. The second-order valence-corrected chi connectivity index (χ2v) is 7.25. The lowest BCUT2D eigenvalue weighted by molar-refractivity contribution is -0.139. The van der Waals surface area contributed by atoms with Crippen LogP contribution in [0.15, 0.2) is 24.3 Å². The van der Waals surface area contributed by atoms with Crippen LogP contribution in [0.3, 0.4) is 0 Å². The van der Waals surface area contributed by atoms with E-state index in [1.807, 2.05) is 24.0 Å². The molecule has 1 aromatic rings. The van der Waals surface area contributed by atoms with Crippen molar-refractivity contribution in [3.8, 4) is 5.75 Å². The van der Waals surface area contributed by atoms with Crippen molar-refractivity contribution in [1.82, 2.24) is 10.2 Å². The summed E-state index contributed by atoms with van der Waals surface area (Å²) >= 11 is 0. The molecule has 0 amide bonds. The van der Waals surface area contributed by atoms with Gasteiger partial charge in [-0.2, -0.15) is 0 Å². The molecule has 1 heterocycles. The zero-order chi connectivity index (χ0) is 18.4. The minimum Gasteiger partial charge on any atom is -0.491 e. The molecule has 1 saturated carbocycles. The smallest absolute Gasteiger partial charge is 0.317 e. The molecule has 1 atom stereocenters. The number of hydrogen-bond donors (Lipinski definition) is 2. The number of nitrogens with one attached hydrogen (secondary N) is 1. The van der Waals surface area contributed by atoms with Gasteiger partial charge in [0.1, 0.15) is 12.4 Å². The van der Waals surface area contributed by atoms with Gasteiger partial charge in [0.25, 0.3) is 0 Å². The molecule has 1 unspecified atom stereocenters. The third kappa shape index (κ3) is 5.43. The van der Waals surface area contributed by atoms with Crippen LogP contribution in [0.25, 0.3) is 0 Å². The van der Waals surface area contributed by atoms with E-state index in [1.165, 1.54) is 5.56 Å². The lowest BCUT2D eigenvalue weighted by Gasteiger charge is -2.42. The summed E-state index contributed by atoms with van der Waals surface area (Å²) in [6.45, 7) is 5.26. The number of likely N-dealkylation sites (N-methyl/N-ethyl adjacent to an activating group) is 1. The molecule has 26 heavy (non-hydrogen) atoms. The summed E-state index contributed by atoms with van der Waals surface area (Å²) in [7, 11) is 0. The monoisotopic (exact) mass is 362 g/mol. The Morgan fingerprint density at radius 1 is 1.35 bits per heavy atom. The Bertz CT molecular complexity index is 566. The highest BCUT2D eigenvalue weighted by molar-refractivity contribution is 5.69. The van der Waals surface area contributed by atoms with Gasteiger partial charge >= 0.3 is 5.97 Å². The van der Waals surface area contributed by atoms with E-state index in [9.17, 15) is 4.79 Å². The van der Waals surface area contributed by atoms with Gasteiger partial charge in [-0.25, -0.2) is 0 Å². The van der Waals surface area contributed by atoms with Gasteiger partial charge in [0.05, 0.1) is 12.6 Å². The van der Waals surface area contributed by atoms with Gasteiger partial charge in [-0.05, 0) is 49.9 Å². The number of aliphatic carboxylic acids is 1. The van der Waals surface area contributed by atoms with Gasteiger partial charge in [-0.3, -0.25) is 9.69 Å². The Morgan fingerprint density at radius 3 is 2.73 bits per heavy atom. The summed E-state index contributed by atoms with van der Waals surface area (Å²) in [6.07, 6.45) is 4.50. The number of nitrogens with zero attached hydrogens (tertiary/aromatic N) is 1. The number of benzene rings is 1. The molecule has 0 radical (unpaired) electrons. The predicted molar refractivity (Wildman–Crippen MR) is 99.4 cm³/mol. The largest absolute Gasteiger partial charge is 0.491 e. The van der Waals surface area contributed by atoms with Gasteiger partial charge in [0.2, 0.25) is 0 Å². The maximum atomic E-state index is 10.9. The fourth-order valence-corrected chi connectivity index (χ4v) is 3.66. The minimum atomic E-state index is -0.745. The maximum absolute atomic E-state index is 10.9. The molecule has 1 aliphatic carbocycles. The van der Waals surface area contributed by atoms with Gasteiger partial charge in [-0.15, -0.1) is 0 Å². The number of ether oxygens (including phenoxy) is 2. The van der Waals surface area contributed by atoms with Crippen LogP contribution in [-0.2, 0) is 16.1 Å². The molecule has 2 aliphatic rings. The summed E-state index contributed by atoms with van der Waals surface area (Å²) in [6, 6.07) is 9.08. The summed E-state index contributed by atoms with van der Waals surface area (Å²) in [5.41, 5.74) is 1.23. The van der Waals surface area contributed by atoms with Crippen molar-refractivity contribution >= 4 is 5.97 Å². The van der Waals surface area contributed by atoms with Gasteiger partial charge < -0.3 is 19.9 Å². The van der Waals surface area contributed by atoms with Gasteiger partial charge in [0, 0.05) is 25.2 Å². The lowest BCUT2D eigenvalue weighted by Crippen LogP contribution is -2.53. The highest BCUT2D eigenvalue weighted by Gasteiger charge is 2.33. The molecule has 0 bridgehead atoms. The van der Waals surface area contributed by atoms with Crippen LogP contribution in [0.4, 0.5) is 0 Å². The van der Waals surface area contributed by atoms with Crippen LogP contribution in [-0.4, -0.2) is 60.5 Å². The molecule has 1 aromatic carbocycles. The molecule has 0 spiro atoms. The number of carboxylic acid groups (broad SMARTS) is 1. The summed E-state index contributed by atoms with van der Waals surface area (Å²) in [5.74, 6) is 0.144.